The third kappa shape index (κ3) is 28.7. The zero-order valence-electron chi connectivity index (χ0n) is 28.3. The Morgan fingerprint density at radius 2 is 0.875 bits per heavy atom. The number of hydrogen-bond donors (Lipinski definition) is 0. The maximum atomic E-state index is 12.1. The van der Waals surface area contributed by atoms with Crippen molar-refractivity contribution >= 4 is 6.09 Å². The molecule has 0 fully saturated rings. The van der Waals surface area contributed by atoms with Gasteiger partial charge in [0, 0.05) is 13.6 Å². The lowest BCUT2D eigenvalue weighted by molar-refractivity contribution is 0.108. The molecule has 0 aliphatic carbocycles. The lowest BCUT2D eigenvalue weighted by Gasteiger charge is -2.18. The van der Waals surface area contributed by atoms with E-state index < -0.39 is 0 Å². The minimum atomic E-state index is -0.158. The third-order valence-electron chi connectivity index (χ3n) is 8.57. The van der Waals surface area contributed by atoms with Gasteiger partial charge in [0.2, 0.25) is 0 Å². The van der Waals surface area contributed by atoms with Gasteiger partial charge in [0.1, 0.15) is 0 Å². The van der Waals surface area contributed by atoms with Crippen LogP contribution in [0.25, 0.3) is 0 Å². The van der Waals surface area contributed by atoms with Crippen LogP contribution in [0.2, 0.25) is 0 Å². The molecule has 0 saturated heterocycles. The number of hydrogen-bond acceptors (Lipinski definition) is 3. The number of carbonyl (C=O) groups excluding carboxylic acids is 1. The highest BCUT2D eigenvalue weighted by molar-refractivity contribution is 5.67. The van der Waals surface area contributed by atoms with Gasteiger partial charge in [0.25, 0.3) is 0 Å². The molecule has 4 heteroatoms. The summed E-state index contributed by atoms with van der Waals surface area (Å²) in [5.74, 6) is 0.957. The Morgan fingerprint density at radius 1 is 0.500 bits per heavy atom. The number of nitrogens with zero attached hydrogens (tertiary/aromatic N) is 2. The van der Waals surface area contributed by atoms with Gasteiger partial charge in [0.15, 0.2) is 0 Å². The molecule has 0 N–H and O–H groups in total. The minimum Gasteiger partial charge on any atom is -0.449 e. The van der Waals surface area contributed by atoms with Crippen molar-refractivity contribution in [1.29, 1.82) is 0 Å². The molecule has 0 bridgehead atoms. The van der Waals surface area contributed by atoms with E-state index in [0.29, 0.717) is 6.61 Å². The number of unbranched alkanes of at least 4 members (excludes halogenated alkanes) is 19. The van der Waals surface area contributed by atoms with E-state index in [9.17, 15) is 4.79 Å². The summed E-state index contributed by atoms with van der Waals surface area (Å²) in [4.78, 5) is 16.1. The lowest BCUT2D eigenvalue weighted by atomic mass is 9.89. The Labute approximate surface area is 252 Å². The Balaban J connectivity index is 3.99. The molecule has 0 spiro atoms. The first-order chi connectivity index (χ1) is 19.5. The zero-order valence-corrected chi connectivity index (χ0v) is 28.3. The summed E-state index contributed by atoms with van der Waals surface area (Å²) < 4.78 is 5.41. The summed E-state index contributed by atoms with van der Waals surface area (Å²) in [5, 5.41) is 0. The monoisotopic (exact) mass is 567 g/mol. The first-order valence-corrected chi connectivity index (χ1v) is 18.0. The van der Waals surface area contributed by atoms with Gasteiger partial charge in [0.05, 0.1) is 6.61 Å². The van der Waals surface area contributed by atoms with Crippen molar-refractivity contribution in [3.05, 3.63) is 0 Å². The van der Waals surface area contributed by atoms with E-state index in [0.717, 1.165) is 38.3 Å². The van der Waals surface area contributed by atoms with Crippen LogP contribution in [0.15, 0.2) is 0 Å². The summed E-state index contributed by atoms with van der Waals surface area (Å²) >= 11 is 0. The van der Waals surface area contributed by atoms with Crippen LogP contribution >= 0.6 is 0 Å². The first kappa shape index (κ1) is 39.2. The molecule has 240 valence electrons. The maximum absolute atomic E-state index is 12.1. The first-order valence-electron chi connectivity index (χ1n) is 18.0. The third-order valence-corrected chi connectivity index (χ3v) is 8.57. The van der Waals surface area contributed by atoms with Gasteiger partial charge in [-0.2, -0.15) is 0 Å². The van der Waals surface area contributed by atoms with E-state index in [1.807, 2.05) is 7.05 Å². The fourth-order valence-electron chi connectivity index (χ4n) is 5.77. The van der Waals surface area contributed by atoms with Crippen LogP contribution in [0, 0.1) is 5.92 Å². The van der Waals surface area contributed by atoms with Crippen molar-refractivity contribution < 1.29 is 9.53 Å². The van der Waals surface area contributed by atoms with Crippen molar-refractivity contribution in [3.63, 3.8) is 0 Å². The average molecular weight is 567 g/mol. The number of ether oxygens (including phenoxy) is 1. The summed E-state index contributed by atoms with van der Waals surface area (Å²) in [6.45, 7) is 7.01. The van der Waals surface area contributed by atoms with Crippen molar-refractivity contribution in [1.82, 2.24) is 9.80 Å². The number of carbonyl (C=O) groups is 1. The predicted octanol–water partition coefficient (Wildman–Crippen LogP) is 11.4. The Kier molecular flexibility index (Phi) is 30.6. The van der Waals surface area contributed by atoms with E-state index in [1.165, 1.54) is 148 Å². The molecule has 0 aliphatic rings. The molecule has 0 rings (SSSR count). The highest BCUT2D eigenvalue weighted by atomic mass is 16.6. The summed E-state index contributed by atoms with van der Waals surface area (Å²) in [6.07, 6.45) is 35.5. The average Bonchev–Trinajstić information content (AvgIpc) is 2.94. The molecule has 1 amide bonds. The van der Waals surface area contributed by atoms with Gasteiger partial charge in [-0.25, -0.2) is 4.79 Å². The fraction of sp³-hybridized carbons (Fsp3) is 0.972. The zero-order chi connectivity index (χ0) is 29.5. The second kappa shape index (κ2) is 31.2. The number of rotatable bonds is 31. The molecule has 0 atom stereocenters. The van der Waals surface area contributed by atoms with Crippen molar-refractivity contribution in [2.24, 2.45) is 5.92 Å². The molecule has 0 saturated carbocycles. The van der Waals surface area contributed by atoms with E-state index >= 15 is 0 Å². The normalized spacial score (nSPS) is 11.6. The molecule has 40 heavy (non-hydrogen) atoms. The van der Waals surface area contributed by atoms with E-state index in [2.05, 4.69) is 32.8 Å². The number of amides is 1. The van der Waals surface area contributed by atoms with E-state index in [4.69, 9.17) is 4.74 Å². The molecular formula is C36H74N2O2. The van der Waals surface area contributed by atoms with Crippen LogP contribution < -0.4 is 0 Å². The predicted molar refractivity (Wildman–Crippen MR) is 177 cm³/mol. The largest absolute Gasteiger partial charge is 0.449 e. The van der Waals surface area contributed by atoms with Gasteiger partial charge in [-0.1, -0.05) is 162 Å². The van der Waals surface area contributed by atoms with Gasteiger partial charge in [-0.15, -0.1) is 0 Å². The summed E-state index contributed by atoms with van der Waals surface area (Å²) in [7, 11) is 6.03. The van der Waals surface area contributed by atoms with Gasteiger partial charge in [-0.3, -0.25) is 0 Å². The second-order valence-electron chi connectivity index (χ2n) is 13.0. The Hall–Kier alpha value is -0.770. The molecule has 0 aliphatic heterocycles. The quantitative estimate of drug-likeness (QED) is 0.0782. The van der Waals surface area contributed by atoms with Crippen LogP contribution in [0.1, 0.15) is 181 Å². The topological polar surface area (TPSA) is 32.8 Å². The Bertz CT molecular complexity index is 491. The van der Waals surface area contributed by atoms with E-state index in [-0.39, 0.29) is 6.09 Å². The smallest absolute Gasteiger partial charge is 0.409 e. The molecule has 0 aromatic carbocycles. The maximum Gasteiger partial charge on any atom is 0.409 e. The lowest BCUT2D eigenvalue weighted by Crippen LogP contribution is -2.28. The van der Waals surface area contributed by atoms with Gasteiger partial charge in [-0.05, 0) is 45.8 Å². The summed E-state index contributed by atoms with van der Waals surface area (Å²) in [5.41, 5.74) is 0. The summed E-state index contributed by atoms with van der Waals surface area (Å²) in [6, 6.07) is 0. The van der Waals surface area contributed by atoms with Gasteiger partial charge < -0.3 is 14.5 Å². The van der Waals surface area contributed by atoms with Crippen molar-refractivity contribution in [3.8, 4) is 0 Å². The van der Waals surface area contributed by atoms with Crippen molar-refractivity contribution in [2.45, 2.75) is 181 Å². The molecule has 0 unspecified atom stereocenters. The van der Waals surface area contributed by atoms with E-state index in [1.54, 1.807) is 4.90 Å². The van der Waals surface area contributed by atoms with Crippen LogP contribution in [0.3, 0.4) is 0 Å². The minimum absolute atomic E-state index is 0.158. The molecule has 0 radical (unpaired) electrons. The Morgan fingerprint density at radius 3 is 1.30 bits per heavy atom. The SMILES string of the molecule is CCCCCCCCCCC(CCCCCCCCCC)CCCCCCCN(C)C(=O)OCCCCN(C)C. The van der Waals surface area contributed by atoms with Crippen LogP contribution in [0.4, 0.5) is 4.79 Å². The van der Waals surface area contributed by atoms with Crippen LogP contribution in [-0.4, -0.2) is 56.7 Å². The van der Waals surface area contributed by atoms with Gasteiger partial charge >= 0.3 is 6.09 Å². The van der Waals surface area contributed by atoms with Crippen LogP contribution in [0.5, 0.6) is 0 Å². The molecular weight excluding hydrogens is 492 g/mol. The molecule has 4 nitrogen and oxygen atoms in total. The highest BCUT2D eigenvalue weighted by Gasteiger charge is 2.10. The highest BCUT2D eigenvalue weighted by Crippen LogP contribution is 2.25. The molecule has 0 aromatic heterocycles. The van der Waals surface area contributed by atoms with Crippen molar-refractivity contribution in [2.75, 3.05) is 40.8 Å². The van der Waals surface area contributed by atoms with Crippen LogP contribution in [-0.2, 0) is 4.74 Å². The standard InChI is InChI=1S/C36H74N2O2/c1-6-8-10-12-14-16-19-23-29-35(30-24-20-17-15-13-11-9-7-2)31-25-21-18-22-26-33-38(5)36(39)40-34-28-27-32-37(3)4/h35H,6-34H2,1-5H3. The fourth-order valence-corrected chi connectivity index (χ4v) is 5.77. The molecule has 0 aromatic rings. The molecule has 0 heterocycles. The second-order valence-corrected chi connectivity index (χ2v) is 13.0.